The minimum atomic E-state index is -0.112. The van der Waals surface area contributed by atoms with Crippen LogP contribution in [0, 0.1) is 5.92 Å². The number of rotatable bonds is 33. The molecule has 0 aromatic heterocycles. The zero-order chi connectivity index (χ0) is 32.0. The normalized spacial score (nSPS) is 13.3. The number of hydrogen-bond acceptors (Lipinski definition) is 1. The number of carbonyl (C=O) groups excluding carboxylic acids is 1. The fraction of sp³-hybridized carbons (Fsp3) is 0.690. The number of unbranched alkanes of at least 4 members (excludes halogenated alkanes) is 20. The van der Waals surface area contributed by atoms with E-state index in [1.165, 1.54) is 141 Å². The van der Waals surface area contributed by atoms with E-state index in [1.807, 2.05) is 0 Å². The molecule has 0 aromatic carbocycles. The first-order valence-corrected chi connectivity index (χ1v) is 19.0. The molecule has 0 saturated heterocycles. The van der Waals surface area contributed by atoms with Gasteiger partial charge in [0.25, 0.3) is 0 Å². The molecule has 44 heavy (non-hydrogen) atoms. The molecule has 0 spiro atoms. The molecule has 1 atom stereocenters. The number of hydrogen-bond donors (Lipinski definition) is 1. The Morgan fingerprint density at radius 2 is 0.773 bits per heavy atom. The van der Waals surface area contributed by atoms with E-state index in [2.05, 4.69) is 86.8 Å². The summed E-state index contributed by atoms with van der Waals surface area (Å²) in [5.41, 5.74) is 5.57. The second kappa shape index (κ2) is 37.1. The molecule has 0 radical (unpaired) electrons. The summed E-state index contributed by atoms with van der Waals surface area (Å²) in [5, 5.41) is 0. The first-order valence-electron chi connectivity index (χ1n) is 19.0. The first kappa shape index (κ1) is 41.9. The molecule has 0 saturated carbocycles. The standard InChI is InChI=1S/C42H73NO/c1-3-5-7-8-9-10-11-12-13-14-15-16-17-18-19-20-21-22-23-24-25-26-27-28-29-30-31-32-33-34-35-36-38-40-41(42(43)44)39-37-6-4-2/h8-17,35-36,41H,3-7,18-34,37-40H2,1-2H3,(H2,43,44)/b9-8+,11-10+,13-12+,15-14+,17-16+,36-35+. The zero-order valence-electron chi connectivity index (χ0n) is 29.4. The van der Waals surface area contributed by atoms with Crippen molar-refractivity contribution in [1.82, 2.24) is 0 Å². The molecule has 2 heteroatoms. The molecule has 1 unspecified atom stereocenters. The lowest BCUT2D eigenvalue weighted by Gasteiger charge is -2.11. The van der Waals surface area contributed by atoms with E-state index in [-0.39, 0.29) is 11.8 Å². The SMILES string of the molecule is CCCC/C=C/C=C/C=C/C=C/C=C/CCCCCCCCCCCCCCCCC/C=C/CCC(CCCCC)C(N)=O. The summed E-state index contributed by atoms with van der Waals surface area (Å²) < 4.78 is 0. The van der Waals surface area contributed by atoms with Crippen LogP contribution < -0.4 is 5.73 Å². The van der Waals surface area contributed by atoms with E-state index in [4.69, 9.17) is 5.73 Å². The summed E-state index contributed by atoms with van der Waals surface area (Å²) in [6, 6.07) is 0. The highest BCUT2D eigenvalue weighted by atomic mass is 16.1. The van der Waals surface area contributed by atoms with Gasteiger partial charge in [0.1, 0.15) is 0 Å². The second-order valence-electron chi connectivity index (χ2n) is 12.7. The van der Waals surface area contributed by atoms with Crippen molar-refractivity contribution >= 4 is 5.91 Å². The van der Waals surface area contributed by atoms with Crippen molar-refractivity contribution in [2.75, 3.05) is 0 Å². The van der Waals surface area contributed by atoms with Crippen LogP contribution in [0.2, 0.25) is 0 Å². The van der Waals surface area contributed by atoms with Gasteiger partial charge in [0.05, 0.1) is 0 Å². The molecule has 0 heterocycles. The van der Waals surface area contributed by atoms with Gasteiger partial charge < -0.3 is 5.73 Å². The summed E-state index contributed by atoms with van der Waals surface area (Å²) in [4.78, 5) is 11.6. The number of amides is 1. The number of nitrogens with two attached hydrogens (primary N) is 1. The van der Waals surface area contributed by atoms with Crippen LogP contribution in [-0.2, 0) is 4.79 Å². The van der Waals surface area contributed by atoms with Gasteiger partial charge in [-0.05, 0) is 51.4 Å². The Hall–Kier alpha value is -2.09. The molecule has 0 aromatic rings. The average Bonchev–Trinajstić information content (AvgIpc) is 3.02. The van der Waals surface area contributed by atoms with Gasteiger partial charge in [-0.15, -0.1) is 0 Å². The van der Waals surface area contributed by atoms with Gasteiger partial charge in [0, 0.05) is 5.92 Å². The van der Waals surface area contributed by atoms with Gasteiger partial charge in [0.2, 0.25) is 5.91 Å². The van der Waals surface area contributed by atoms with Gasteiger partial charge >= 0.3 is 0 Å². The minimum Gasteiger partial charge on any atom is -0.369 e. The van der Waals surface area contributed by atoms with Crippen molar-refractivity contribution in [1.29, 1.82) is 0 Å². The van der Waals surface area contributed by atoms with Crippen molar-refractivity contribution in [3.05, 3.63) is 72.9 Å². The molecular formula is C42H73NO. The van der Waals surface area contributed by atoms with Crippen molar-refractivity contribution < 1.29 is 4.79 Å². The molecule has 0 aliphatic carbocycles. The molecule has 0 aliphatic rings. The van der Waals surface area contributed by atoms with Crippen molar-refractivity contribution in [2.45, 2.75) is 181 Å². The monoisotopic (exact) mass is 608 g/mol. The van der Waals surface area contributed by atoms with E-state index in [1.54, 1.807) is 0 Å². The van der Waals surface area contributed by atoms with Gasteiger partial charge in [0.15, 0.2) is 0 Å². The maximum Gasteiger partial charge on any atom is 0.220 e. The molecule has 0 fully saturated rings. The lowest BCUT2D eigenvalue weighted by molar-refractivity contribution is -0.122. The van der Waals surface area contributed by atoms with E-state index in [9.17, 15) is 4.79 Å². The predicted octanol–water partition coefficient (Wildman–Crippen LogP) is 13.6. The van der Waals surface area contributed by atoms with Gasteiger partial charge in [-0.2, -0.15) is 0 Å². The molecule has 0 aliphatic heterocycles. The van der Waals surface area contributed by atoms with Crippen LogP contribution in [0.25, 0.3) is 0 Å². The molecule has 0 rings (SSSR count). The van der Waals surface area contributed by atoms with Gasteiger partial charge in [-0.1, -0.05) is 202 Å². The maximum atomic E-state index is 11.6. The highest BCUT2D eigenvalue weighted by molar-refractivity contribution is 5.76. The Balaban J connectivity index is 3.37. The minimum absolute atomic E-state index is 0.0669. The number of primary amides is 1. The topological polar surface area (TPSA) is 43.1 Å². The summed E-state index contributed by atoms with van der Waals surface area (Å²) in [6.07, 6.45) is 59.5. The Labute approximate surface area is 275 Å². The predicted molar refractivity (Wildman–Crippen MR) is 199 cm³/mol. The van der Waals surface area contributed by atoms with Crippen LogP contribution in [0.15, 0.2) is 72.9 Å². The van der Waals surface area contributed by atoms with Crippen LogP contribution in [-0.4, -0.2) is 5.91 Å². The summed E-state index contributed by atoms with van der Waals surface area (Å²) >= 11 is 0. The van der Waals surface area contributed by atoms with Crippen LogP contribution in [0.4, 0.5) is 0 Å². The fourth-order valence-corrected chi connectivity index (χ4v) is 5.48. The van der Waals surface area contributed by atoms with Crippen molar-refractivity contribution in [3.8, 4) is 0 Å². The van der Waals surface area contributed by atoms with Crippen LogP contribution >= 0.6 is 0 Å². The summed E-state index contributed by atoms with van der Waals surface area (Å²) in [6.45, 7) is 4.42. The summed E-state index contributed by atoms with van der Waals surface area (Å²) in [5.74, 6) is -0.0456. The number of allylic oxidation sites excluding steroid dienone is 12. The summed E-state index contributed by atoms with van der Waals surface area (Å²) in [7, 11) is 0. The third-order valence-electron chi connectivity index (χ3n) is 8.42. The molecule has 2 nitrogen and oxygen atoms in total. The second-order valence-corrected chi connectivity index (χ2v) is 12.7. The lowest BCUT2D eigenvalue weighted by atomic mass is 9.95. The fourth-order valence-electron chi connectivity index (χ4n) is 5.48. The van der Waals surface area contributed by atoms with Crippen molar-refractivity contribution in [3.63, 3.8) is 0 Å². The quantitative estimate of drug-likeness (QED) is 0.0450. The van der Waals surface area contributed by atoms with Crippen LogP contribution in [0.1, 0.15) is 181 Å². The Bertz CT molecular complexity index is 769. The van der Waals surface area contributed by atoms with Crippen LogP contribution in [0.5, 0.6) is 0 Å². The van der Waals surface area contributed by atoms with E-state index in [0.29, 0.717) is 0 Å². The van der Waals surface area contributed by atoms with Gasteiger partial charge in [-0.3, -0.25) is 4.79 Å². The smallest absolute Gasteiger partial charge is 0.220 e. The van der Waals surface area contributed by atoms with E-state index in [0.717, 1.165) is 25.7 Å². The van der Waals surface area contributed by atoms with E-state index >= 15 is 0 Å². The largest absolute Gasteiger partial charge is 0.369 e. The molecular weight excluding hydrogens is 534 g/mol. The Morgan fingerprint density at radius 3 is 1.20 bits per heavy atom. The third-order valence-corrected chi connectivity index (χ3v) is 8.42. The molecule has 252 valence electrons. The highest BCUT2D eigenvalue weighted by Crippen LogP contribution is 2.17. The van der Waals surface area contributed by atoms with Crippen LogP contribution in [0.3, 0.4) is 0 Å². The first-order chi connectivity index (χ1) is 21.7. The maximum absolute atomic E-state index is 11.6. The van der Waals surface area contributed by atoms with Crippen molar-refractivity contribution in [2.24, 2.45) is 11.7 Å². The Kier molecular flexibility index (Phi) is 35.3. The van der Waals surface area contributed by atoms with E-state index < -0.39 is 0 Å². The molecule has 1 amide bonds. The third kappa shape index (κ3) is 34.4. The zero-order valence-corrected chi connectivity index (χ0v) is 29.4. The molecule has 2 N–H and O–H groups in total. The lowest BCUT2D eigenvalue weighted by Crippen LogP contribution is -2.23. The average molecular weight is 608 g/mol. The number of carbonyl (C=O) groups is 1. The highest BCUT2D eigenvalue weighted by Gasteiger charge is 2.13. The Morgan fingerprint density at radius 1 is 0.409 bits per heavy atom. The van der Waals surface area contributed by atoms with Gasteiger partial charge in [-0.25, -0.2) is 0 Å². The molecule has 0 bridgehead atoms.